The van der Waals surface area contributed by atoms with Crippen LogP contribution in [0.5, 0.6) is 0 Å². The highest BCUT2D eigenvalue weighted by Crippen LogP contribution is 2.22. The minimum absolute atomic E-state index is 0.197. The number of carboxylic acid groups (broad SMARTS) is 1. The van der Waals surface area contributed by atoms with Gasteiger partial charge in [-0.2, -0.15) is 0 Å². The van der Waals surface area contributed by atoms with Gasteiger partial charge in [0.05, 0.1) is 6.10 Å². The van der Waals surface area contributed by atoms with Crippen LogP contribution in [0.3, 0.4) is 0 Å². The number of allylic oxidation sites excluding steroid dienone is 2. The first-order valence-electron chi connectivity index (χ1n) is 5.41. The molecule has 84 valence electrons. The van der Waals surface area contributed by atoms with Crippen molar-refractivity contribution in [2.75, 3.05) is 0 Å². The highest BCUT2D eigenvalue weighted by Gasteiger charge is 2.18. The Balaban J connectivity index is 2.05. The summed E-state index contributed by atoms with van der Waals surface area (Å²) in [6.45, 7) is 0. The van der Waals surface area contributed by atoms with Gasteiger partial charge in [0, 0.05) is 12.3 Å². The second-order valence-corrected chi connectivity index (χ2v) is 3.88. The van der Waals surface area contributed by atoms with Crippen molar-refractivity contribution in [1.82, 2.24) is 0 Å². The van der Waals surface area contributed by atoms with Gasteiger partial charge in [-0.3, -0.25) is 4.79 Å². The fourth-order valence-corrected chi connectivity index (χ4v) is 1.72. The van der Waals surface area contributed by atoms with E-state index in [1.165, 1.54) is 0 Å². The Kier molecular flexibility index (Phi) is 5.12. The normalized spacial score (nSPS) is 25.1. The summed E-state index contributed by atoms with van der Waals surface area (Å²) in [5.74, 6) is -0.470. The average Bonchev–Trinajstić information content (AvgIpc) is 2.57. The van der Waals surface area contributed by atoms with Crippen molar-refractivity contribution in [3.8, 4) is 0 Å². The van der Waals surface area contributed by atoms with E-state index in [0.717, 1.165) is 19.3 Å². The molecule has 0 heterocycles. The van der Waals surface area contributed by atoms with E-state index >= 15 is 0 Å². The molecule has 0 aliphatic heterocycles. The standard InChI is InChI=1S/C12H18O3/c13-11-8-5-7-10(11)6-3-1-2-4-9-12(14)15/h1-2,5,7,10-11,13H,3-4,6,8-9H2,(H,14,15)/t10-,11?/m1/s1. The molecule has 0 aromatic carbocycles. The van der Waals surface area contributed by atoms with Crippen molar-refractivity contribution in [3.63, 3.8) is 0 Å². The smallest absolute Gasteiger partial charge is 0.303 e. The van der Waals surface area contributed by atoms with E-state index in [4.69, 9.17) is 5.11 Å². The maximum absolute atomic E-state index is 10.2. The van der Waals surface area contributed by atoms with E-state index < -0.39 is 5.97 Å². The molecular weight excluding hydrogens is 192 g/mol. The summed E-state index contributed by atoms with van der Waals surface area (Å²) >= 11 is 0. The Hall–Kier alpha value is -1.09. The van der Waals surface area contributed by atoms with Crippen LogP contribution in [-0.4, -0.2) is 22.3 Å². The van der Waals surface area contributed by atoms with E-state index in [9.17, 15) is 9.90 Å². The van der Waals surface area contributed by atoms with Crippen molar-refractivity contribution in [1.29, 1.82) is 0 Å². The van der Waals surface area contributed by atoms with Crippen molar-refractivity contribution in [3.05, 3.63) is 24.3 Å². The third-order valence-corrected chi connectivity index (χ3v) is 2.61. The molecule has 0 saturated heterocycles. The molecule has 0 bridgehead atoms. The lowest BCUT2D eigenvalue weighted by molar-refractivity contribution is -0.136. The van der Waals surface area contributed by atoms with E-state index in [2.05, 4.69) is 6.08 Å². The number of aliphatic hydroxyl groups is 1. The number of aliphatic carboxylic acids is 1. The molecule has 15 heavy (non-hydrogen) atoms. The quantitative estimate of drug-likeness (QED) is 0.660. The molecule has 0 fully saturated rings. The number of hydrogen-bond acceptors (Lipinski definition) is 2. The predicted molar refractivity (Wildman–Crippen MR) is 58.5 cm³/mol. The van der Waals surface area contributed by atoms with Crippen LogP contribution >= 0.6 is 0 Å². The second kappa shape index (κ2) is 6.40. The Morgan fingerprint density at radius 3 is 2.73 bits per heavy atom. The maximum atomic E-state index is 10.2. The van der Waals surface area contributed by atoms with Gasteiger partial charge in [-0.1, -0.05) is 24.3 Å². The fourth-order valence-electron chi connectivity index (χ4n) is 1.72. The van der Waals surface area contributed by atoms with Crippen LogP contribution in [0.15, 0.2) is 24.3 Å². The number of rotatable bonds is 6. The van der Waals surface area contributed by atoms with Crippen molar-refractivity contribution < 1.29 is 15.0 Å². The first-order chi connectivity index (χ1) is 7.20. The molecular formula is C12H18O3. The van der Waals surface area contributed by atoms with Crippen molar-refractivity contribution in [2.24, 2.45) is 5.92 Å². The average molecular weight is 210 g/mol. The summed E-state index contributed by atoms with van der Waals surface area (Å²) in [6, 6.07) is 0. The molecule has 1 aliphatic carbocycles. The Bertz CT molecular complexity index is 256. The molecule has 3 heteroatoms. The highest BCUT2D eigenvalue weighted by molar-refractivity contribution is 5.66. The van der Waals surface area contributed by atoms with E-state index in [1.54, 1.807) is 0 Å². The molecule has 3 nitrogen and oxygen atoms in total. The first kappa shape index (κ1) is 12.0. The van der Waals surface area contributed by atoms with Gasteiger partial charge in [0.25, 0.3) is 0 Å². The van der Waals surface area contributed by atoms with Gasteiger partial charge >= 0.3 is 5.97 Å². The zero-order valence-corrected chi connectivity index (χ0v) is 8.80. The summed E-state index contributed by atoms with van der Waals surface area (Å²) < 4.78 is 0. The Labute approximate surface area is 90.1 Å². The van der Waals surface area contributed by atoms with Gasteiger partial charge in [0.2, 0.25) is 0 Å². The minimum atomic E-state index is -0.756. The minimum Gasteiger partial charge on any atom is -0.481 e. The lowest BCUT2D eigenvalue weighted by Gasteiger charge is -2.11. The Morgan fingerprint density at radius 1 is 1.40 bits per heavy atom. The van der Waals surface area contributed by atoms with Crippen LogP contribution in [0.4, 0.5) is 0 Å². The topological polar surface area (TPSA) is 57.5 Å². The molecule has 0 radical (unpaired) electrons. The largest absolute Gasteiger partial charge is 0.481 e. The molecule has 1 aliphatic rings. The number of hydrogen-bond donors (Lipinski definition) is 2. The predicted octanol–water partition coefficient (Wildman–Crippen LogP) is 2.12. The van der Waals surface area contributed by atoms with Crippen LogP contribution in [0.25, 0.3) is 0 Å². The zero-order valence-electron chi connectivity index (χ0n) is 8.80. The maximum Gasteiger partial charge on any atom is 0.303 e. The summed E-state index contributed by atoms with van der Waals surface area (Å²) in [5, 5.41) is 17.9. The van der Waals surface area contributed by atoms with Gasteiger partial charge < -0.3 is 10.2 Å². The van der Waals surface area contributed by atoms with Gasteiger partial charge in [-0.05, 0) is 25.7 Å². The highest BCUT2D eigenvalue weighted by atomic mass is 16.4. The molecule has 0 aromatic rings. The summed E-state index contributed by atoms with van der Waals surface area (Å²) in [7, 11) is 0. The molecule has 0 aromatic heterocycles. The lowest BCUT2D eigenvalue weighted by atomic mass is 10.0. The van der Waals surface area contributed by atoms with E-state index in [0.29, 0.717) is 6.42 Å². The number of carbonyl (C=O) groups is 1. The van der Waals surface area contributed by atoms with Crippen molar-refractivity contribution >= 4 is 5.97 Å². The molecule has 1 unspecified atom stereocenters. The molecule has 2 atom stereocenters. The monoisotopic (exact) mass is 210 g/mol. The van der Waals surface area contributed by atoms with Gasteiger partial charge in [-0.25, -0.2) is 0 Å². The SMILES string of the molecule is O=C(O)CCC=CCC[C@@H]1C=CCC1O. The zero-order chi connectivity index (χ0) is 11.1. The summed E-state index contributed by atoms with van der Waals surface area (Å²) in [5.41, 5.74) is 0. The van der Waals surface area contributed by atoms with Crippen molar-refractivity contribution in [2.45, 2.75) is 38.2 Å². The Morgan fingerprint density at radius 2 is 2.13 bits per heavy atom. The van der Waals surface area contributed by atoms with Crippen LogP contribution in [0, 0.1) is 5.92 Å². The van der Waals surface area contributed by atoms with Gasteiger partial charge in [0.1, 0.15) is 0 Å². The van der Waals surface area contributed by atoms with E-state index in [1.807, 2.05) is 18.2 Å². The third-order valence-electron chi connectivity index (χ3n) is 2.61. The lowest BCUT2D eigenvalue weighted by Crippen LogP contribution is -2.12. The van der Waals surface area contributed by atoms with Gasteiger partial charge in [-0.15, -0.1) is 0 Å². The van der Waals surface area contributed by atoms with Crippen LogP contribution in [-0.2, 0) is 4.79 Å². The van der Waals surface area contributed by atoms with Crippen LogP contribution in [0.1, 0.15) is 32.1 Å². The second-order valence-electron chi connectivity index (χ2n) is 3.88. The number of aliphatic hydroxyl groups excluding tert-OH is 1. The molecule has 0 spiro atoms. The molecule has 0 saturated carbocycles. The summed E-state index contributed by atoms with van der Waals surface area (Å²) in [4.78, 5) is 10.2. The molecule has 0 amide bonds. The van der Waals surface area contributed by atoms with E-state index in [-0.39, 0.29) is 18.4 Å². The molecule has 1 rings (SSSR count). The first-order valence-corrected chi connectivity index (χ1v) is 5.41. The fraction of sp³-hybridized carbons (Fsp3) is 0.583. The third kappa shape index (κ3) is 4.79. The van der Waals surface area contributed by atoms with Crippen LogP contribution < -0.4 is 0 Å². The number of carboxylic acids is 1. The molecule has 2 N–H and O–H groups in total. The summed E-state index contributed by atoms with van der Waals surface area (Å²) in [6.07, 6.45) is 11.2. The van der Waals surface area contributed by atoms with Gasteiger partial charge in [0.15, 0.2) is 0 Å². The van der Waals surface area contributed by atoms with Crippen LogP contribution in [0.2, 0.25) is 0 Å².